The van der Waals surface area contributed by atoms with E-state index in [0.29, 0.717) is 12.2 Å². The average Bonchev–Trinajstić information content (AvgIpc) is 2.76. The predicted octanol–water partition coefficient (Wildman–Crippen LogP) is 2.81. The third kappa shape index (κ3) is 2.96. The lowest BCUT2D eigenvalue weighted by molar-refractivity contribution is -0.384. The smallest absolute Gasteiger partial charge is 0.292 e. The van der Waals surface area contributed by atoms with Crippen molar-refractivity contribution >= 4 is 11.4 Å². The topological polar surface area (TPSA) is 73.0 Å². The summed E-state index contributed by atoms with van der Waals surface area (Å²) in [5.74, 6) is 0. The van der Waals surface area contributed by atoms with E-state index in [1.165, 1.54) is 6.07 Å². The number of rotatable bonds is 5. The van der Waals surface area contributed by atoms with Crippen LogP contribution in [0.4, 0.5) is 11.4 Å². The largest absolute Gasteiger partial charge is 0.375 e. The van der Waals surface area contributed by atoms with Gasteiger partial charge in [-0.1, -0.05) is 13.0 Å². The van der Waals surface area contributed by atoms with E-state index < -0.39 is 0 Å². The molecule has 0 aliphatic rings. The standard InChI is InChI=1S/C14H18N4O2/c1-4-12-11(9-17(3)16-12)8-15-13-7-10(2)5-6-14(13)18(19)20/h5-7,9,15H,4,8H2,1-3H3. The summed E-state index contributed by atoms with van der Waals surface area (Å²) in [5, 5.41) is 18.5. The summed E-state index contributed by atoms with van der Waals surface area (Å²) in [5.41, 5.74) is 3.69. The van der Waals surface area contributed by atoms with E-state index in [1.807, 2.05) is 27.1 Å². The van der Waals surface area contributed by atoms with Crippen molar-refractivity contribution in [2.45, 2.75) is 26.8 Å². The Morgan fingerprint density at radius 1 is 1.45 bits per heavy atom. The second-order valence-corrected chi connectivity index (χ2v) is 4.76. The highest BCUT2D eigenvalue weighted by molar-refractivity contribution is 5.62. The summed E-state index contributed by atoms with van der Waals surface area (Å²) in [6.07, 6.45) is 2.78. The second-order valence-electron chi connectivity index (χ2n) is 4.76. The molecule has 0 saturated carbocycles. The van der Waals surface area contributed by atoms with Gasteiger partial charge in [0.1, 0.15) is 5.69 Å². The van der Waals surface area contributed by atoms with Gasteiger partial charge in [0.2, 0.25) is 0 Å². The van der Waals surface area contributed by atoms with Gasteiger partial charge in [0.15, 0.2) is 0 Å². The molecule has 0 amide bonds. The van der Waals surface area contributed by atoms with Gasteiger partial charge in [0, 0.05) is 31.4 Å². The molecule has 0 fully saturated rings. The summed E-state index contributed by atoms with van der Waals surface area (Å²) in [4.78, 5) is 10.7. The van der Waals surface area contributed by atoms with Crippen LogP contribution in [-0.4, -0.2) is 14.7 Å². The number of hydrogen-bond acceptors (Lipinski definition) is 4. The zero-order valence-corrected chi connectivity index (χ0v) is 11.9. The Balaban J connectivity index is 2.22. The Hall–Kier alpha value is -2.37. The molecule has 0 spiro atoms. The molecule has 1 heterocycles. The Kier molecular flexibility index (Phi) is 4.02. The number of hydrogen-bond donors (Lipinski definition) is 1. The average molecular weight is 274 g/mol. The fourth-order valence-electron chi connectivity index (χ4n) is 2.17. The van der Waals surface area contributed by atoms with Crippen LogP contribution < -0.4 is 5.32 Å². The molecule has 2 rings (SSSR count). The highest BCUT2D eigenvalue weighted by Crippen LogP contribution is 2.26. The number of nitro benzene ring substituents is 1. The third-order valence-corrected chi connectivity index (χ3v) is 3.14. The summed E-state index contributed by atoms with van der Waals surface area (Å²) in [6, 6.07) is 5.06. The molecule has 0 bridgehead atoms. The fourth-order valence-corrected chi connectivity index (χ4v) is 2.17. The van der Waals surface area contributed by atoms with Crippen molar-refractivity contribution < 1.29 is 4.92 Å². The molecule has 6 nitrogen and oxygen atoms in total. The van der Waals surface area contributed by atoms with E-state index >= 15 is 0 Å². The van der Waals surface area contributed by atoms with Crippen molar-refractivity contribution in [3.8, 4) is 0 Å². The molecule has 1 aromatic carbocycles. The first-order valence-electron chi connectivity index (χ1n) is 6.51. The van der Waals surface area contributed by atoms with Crippen molar-refractivity contribution in [1.82, 2.24) is 9.78 Å². The van der Waals surface area contributed by atoms with Gasteiger partial charge < -0.3 is 5.32 Å². The minimum atomic E-state index is -0.369. The number of benzene rings is 1. The van der Waals surface area contributed by atoms with Crippen LogP contribution in [0.25, 0.3) is 0 Å². The molecule has 106 valence electrons. The molecular formula is C14H18N4O2. The normalized spacial score (nSPS) is 10.6. The van der Waals surface area contributed by atoms with Gasteiger partial charge in [-0.3, -0.25) is 14.8 Å². The first-order chi connectivity index (χ1) is 9.51. The van der Waals surface area contributed by atoms with Crippen LogP contribution >= 0.6 is 0 Å². The summed E-state index contributed by atoms with van der Waals surface area (Å²) in [6.45, 7) is 4.48. The molecule has 0 saturated heterocycles. The van der Waals surface area contributed by atoms with Gasteiger partial charge in [-0.15, -0.1) is 0 Å². The lowest BCUT2D eigenvalue weighted by atomic mass is 10.1. The van der Waals surface area contributed by atoms with Crippen molar-refractivity contribution in [2.75, 3.05) is 5.32 Å². The van der Waals surface area contributed by atoms with Crippen LogP contribution in [0.1, 0.15) is 23.7 Å². The van der Waals surface area contributed by atoms with Crippen molar-refractivity contribution in [3.05, 3.63) is 51.3 Å². The molecule has 0 atom stereocenters. The quantitative estimate of drug-likeness (QED) is 0.672. The lowest BCUT2D eigenvalue weighted by Crippen LogP contribution is -2.04. The van der Waals surface area contributed by atoms with Gasteiger partial charge >= 0.3 is 0 Å². The zero-order valence-electron chi connectivity index (χ0n) is 11.9. The molecule has 0 radical (unpaired) electrons. The minimum Gasteiger partial charge on any atom is -0.375 e. The maximum Gasteiger partial charge on any atom is 0.292 e. The molecule has 1 aromatic heterocycles. The number of nitrogens with one attached hydrogen (secondary N) is 1. The highest BCUT2D eigenvalue weighted by Gasteiger charge is 2.14. The van der Waals surface area contributed by atoms with Gasteiger partial charge in [0.25, 0.3) is 5.69 Å². The van der Waals surface area contributed by atoms with Crippen LogP contribution in [0, 0.1) is 17.0 Å². The van der Waals surface area contributed by atoms with Crippen LogP contribution in [0.5, 0.6) is 0 Å². The van der Waals surface area contributed by atoms with Crippen LogP contribution in [-0.2, 0) is 20.0 Å². The molecule has 20 heavy (non-hydrogen) atoms. The lowest BCUT2D eigenvalue weighted by Gasteiger charge is -2.07. The number of nitro groups is 1. The number of aromatic nitrogens is 2. The summed E-state index contributed by atoms with van der Waals surface area (Å²) < 4.78 is 1.76. The fraction of sp³-hybridized carbons (Fsp3) is 0.357. The van der Waals surface area contributed by atoms with Gasteiger partial charge in [0.05, 0.1) is 10.6 Å². The Bertz CT molecular complexity index is 634. The Morgan fingerprint density at radius 2 is 2.20 bits per heavy atom. The van der Waals surface area contributed by atoms with Gasteiger partial charge in [-0.2, -0.15) is 5.10 Å². The Labute approximate surface area is 117 Å². The van der Waals surface area contributed by atoms with E-state index in [9.17, 15) is 10.1 Å². The van der Waals surface area contributed by atoms with Crippen molar-refractivity contribution in [2.24, 2.45) is 7.05 Å². The molecule has 2 aromatic rings. The maximum absolute atomic E-state index is 11.0. The van der Waals surface area contributed by atoms with Crippen molar-refractivity contribution in [1.29, 1.82) is 0 Å². The predicted molar refractivity (Wildman–Crippen MR) is 77.7 cm³/mol. The summed E-state index contributed by atoms with van der Waals surface area (Å²) in [7, 11) is 1.87. The van der Waals surface area contributed by atoms with Crippen LogP contribution in [0.15, 0.2) is 24.4 Å². The molecule has 1 N–H and O–H groups in total. The number of aryl methyl sites for hydroxylation is 3. The summed E-state index contributed by atoms with van der Waals surface area (Å²) >= 11 is 0. The SMILES string of the molecule is CCc1nn(C)cc1CNc1cc(C)ccc1[N+](=O)[O-]. The van der Waals surface area contributed by atoms with Crippen LogP contribution in [0.2, 0.25) is 0 Å². The molecule has 0 aliphatic carbocycles. The number of nitrogens with zero attached hydrogens (tertiary/aromatic N) is 3. The molecule has 0 aliphatic heterocycles. The van der Waals surface area contributed by atoms with E-state index in [-0.39, 0.29) is 10.6 Å². The van der Waals surface area contributed by atoms with Crippen LogP contribution in [0.3, 0.4) is 0 Å². The van der Waals surface area contributed by atoms with E-state index in [1.54, 1.807) is 16.8 Å². The first kappa shape index (κ1) is 14.0. The Morgan fingerprint density at radius 3 is 2.85 bits per heavy atom. The first-order valence-corrected chi connectivity index (χ1v) is 6.51. The molecule has 6 heteroatoms. The highest BCUT2D eigenvalue weighted by atomic mass is 16.6. The molecule has 0 unspecified atom stereocenters. The van der Waals surface area contributed by atoms with Gasteiger partial charge in [-0.05, 0) is 25.0 Å². The van der Waals surface area contributed by atoms with E-state index in [4.69, 9.17) is 0 Å². The van der Waals surface area contributed by atoms with Gasteiger partial charge in [-0.25, -0.2) is 0 Å². The number of anilines is 1. The monoisotopic (exact) mass is 274 g/mol. The third-order valence-electron chi connectivity index (χ3n) is 3.14. The molecular weight excluding hydrogens is 256 g/mol. The maximum atomic E-state index is 11.0. The van der Waals surface area contributed by atoms with Crippen molar-refractivity contribution in [3.63, 3.8) is 0 Å². The zero-order chi connectivity index (χ0) is 14.7. The second kappa shape index (κ2) is 5.73. The van der Waals surface area contributed by atoms with E-state index in [2.05, 4.69) is 10.4 Å². The minimum absolute atomic E-state index is 0.0949. The van der Waals surface area contributed by atoms with E-state index in [0.717, 1.165) is 23.2 Å².